The number of aryl methyl sites for hydroxylation is 1. The summed E-state index contributed by atoms with van der Waals surface area (Å²) in [6, 6.07) is 15.9. The molecular weight excluding hydrogens is 254 g/mol. The molecule has 0 aliphatic carbocycles. The molecule has 19 heavy (non-hydrogen) atoms. The average Bonchev–Trinajstić information content (AvgIpc) is 2.86. The molecule has 0 saturated heterocycles. The van der Waals surface area contributed by atoms with Gasteiger partial charge in [-0.2, -0.15) is 0 Å². The predicted molar refractivity (Wildman–Crippen MR) is 79.9 cm³/mol. The fraction of sp³-hybridized carbons (Fsp3) is 0.0667. The topological polar surface area (TPSA) is 51.8 Å². The first-order valence-corrected chi connectivity index (χ1v) is 6.81. The van der Waals surface area contributed by atoms with Crippen molar-refractivity contribution < 1.29 is 0 Å². The van der Waals surface area contributed by atoms with E-state index in [1.807, 2.05) is 36.4 Å². The van der Waals surface area contributed by atoms with Crippen molar-refractivity contribution in [1.29, 1.82) is 0 Å². The Balaban J connectivity index is 2.11. The van der Waals surface area contributed by atoms with E-state index in [4.69, 9.17) is 5.73 Å². The number of rotatable bonds is 2. The maximum Gasteiger partial charge on any atom is 0.172 e. The van der Waals surface area contributed by atoms with Gasteiger partial charge < -0.3 is 5.73 Å². The zero-order chi connectivity index (χ0) is 13.2. The number of nitrogens with two attached hydrogens (primary N) is 1. The minimum atomic E-state index is 0.495. The van der Waals surface area contributed by atoms with E-state index in [1.165, 1.54) is 4.88 Å². The van der Waals surface area contributed by atoms with Crippen LogP contribution in [0.15, 0.2) is 48.5 Å². The van der Waals surface area contributed by atoms with Gasteiger partial charge in [0.05, 0.1) is 10.6 Å². The van der Waals surface area contributed by atoms with E-state index in [0.29, 0.717) is 11.6 Å². The molecule has 0 spiro atoms. The first kappa shape index (κ1) is 11.9. The number of hydrogen-bond donors (Lipinski definition) is 1. The first-order valence-electron chi connectivity index (χ1n) is 5.99. The molecule has 0 aliphatic heterocycles. The van der Waals surface area contributed by atoms with Crippen molar-refractivity contribution in [3.8, 4) is 22.0 Å². The van der Waals surface area contributed by atoms with Crippen LogP contribution in [0.25, 0.3) is 22.0 Å². The third-order valence-electron chi connectivity index (χ3n) is 2.78. The zero-order valence-corrected chi connectivity index (χ0v) is 11.3. The molecule has 0 saturated carbocycles. The second-order valence-electron chi connectivity index (χ2n) is 4.28. The van der Waals surface area contributed by atoms with Gasteiger partial charge in [0.25, 0.3) is 0 Å². The van der Waals surface area contributed by atoms with Gasteiger partial charge in [0.2, 0.25) is 0 Å². The lowest BCUT2D eigenvalue weighted by atomic mass is 10.1. The Morgan fingerprint density at radius 3 is 2.47 bits per heavy atom. The van der Waals surface area contributed by atoms with Crippen LogP contribution in [0, 0.1) is 6.92 Å². The number of hydrogen-bond acceptors (Lipinski definition) is 4. The number of benzene rings is 1. The van der Waals surface area contributed by atoms with Gasteiger partial charge in [0.1, 0.15) is 5.82 Å². The monoisotopic (exact) mass is 267 g/mol. The molecule has 0 amide bonds. The largest absolute Gasteiger partial charge is 0.384 e. The lowest BCUT2D eigenvalue weighted by molar-refractivity contribution is 1.20. The summed E-state index contributed by atoms with van der Waals surface area (Å²) >= 11 is 1.67. The molecule has 2 heterocycles. The predicted octanol–water partition coefficient (Wildman–Crippen LogP) is 3.76. The highest BCUT2D eigenvalue weighted by Gasteiger charge is 2.08. The molecule has 2 aromatic heterocycles. The summed E-state index contributed by atoms with van der Waals surface area (Å²) in [4.78, 5) is 11.2. The summed E-state index contributed by atoms with van der Waals surface area (Å²) in [5.41, 5.74) is 7.80. The van der Waals surface area contributed by atoms with Gasteiger partial charge in [-0.05, 0) is 19.1 Å². The van der Waals surface area contributed by atoms with Gasteiger partial charge in [0.15, 0.2) is 5.82 Å². The Morgan fingerprint density at radius 1 is 1.00 bits per heavy atom. The van der Waals surface area contributed by atoms with Gasteiger partial charge in [-0.25, -0.2) is 9.97 Å². The number of thiophene rings is 1. The summed E-state index contributed by atoms with van der Waals surface area (Å²) in [7, 11) is 0. The smallest absolute Gasteiger partial charge is 0.172 e. The summed E-state index contributed by atoms with van der Waals surface area (Å²) < 4.78 is 0. The van der Waals surface area contributed by atoms with Gasteiger partial charge in [0, 0.05) is 16.5 Å². The highest BCUT2D eigenvalue weighted by molar-refractivity contribution is 7.15. The lowest BCUT2D eigenvalue weighted by Crippen LogP contribution is -1.96. The molecule has 3 rings (SSSR count). The van der Waals surface area contributed by atoms with Crippen molar-refractivity contribution in [2.75, 3.05) is 5.73 Å². The Kier molecular flexibility index (Phi) is 3.01. The Hall–Kier alpha value is -2.20. The summed E-state index contributed by atoms with van der Waals surface area (Å²) in [6.07, 6.45) is 0. The zero-order valence-electron chi connectivity index (χ0n) is 10.5. The average molecular weight is 267 g/mol. The third kappa shape index (κ3) is 2.48. The second-order valence-corrected chi connectivity index (χ2v) is 5.57. The molecule has 0 radical (unpaired) electrons. The maximum absolute atomic E-state index is 5.89. The van der Waals surface area contributed by atoms with E-state index in [-0.39, 0.29) is 0 Å². The van der Waals surface area contributed by atoms with E-state index in [2.05, 4.69) is 23.0 Å². The molecule has 0 bridgehead atoms. The molecule has 2 N–H and O–H groups in total. The molecular formula is C15H13N3S. The Labute approximate surface area is 115 Å². The highest BCUT2D eigenvalue weighted by Crippen LogP contribution is 2.27. The van der Waals surface area contributed by atoms with Crippen molar-refractivity contribution in [3.63, 3.8) is 0 Å². The molecule has 0 atom stereocenters. The number of nitrogen functional groups attached to an aromatic ring is 1. The van der Waals surface area contributed by atoms with Gasteiger partial charge in [-0.15, -0.1) is 11.3 Å². The number of aromatic nitrogens is 2. The van der Waals surface area contributed by atoms with Crippen LogP contribution in [-0.4, -0.2) is 9.97 Å². The Morgan fingerprint density at radius 2 is 1.79 bits per heavy atom. The highest BCUT2D eigenvalue weighted by atomic mass is 32.1. The maximum atomic E-state index is 5.89. The first-order chi connectivity index (χ1) is 9.22. The fourth-order valence-corrected chi connectivity index (χ4v) is 2.69. The number of anilines is 1. The van der Waals surface area contributed by atoms with Gasteiger partial charge in [-0.1, -0.05) is 30.3 Å². The van der Waals surface area contributed by atoms with Crippen molar-refractivity contribution in [1.82, 2.24) is 9.97 Å². The summed E-state index contributed by atoms with van der Waals surface area (Å²) in [5.74, 6) is 1.19. The van der Waals surface area contributed by atoms with Crippen LogP contribution >= 0.6 is 11.3 Å². The van der Waals surface area contributed by atoms with Crippen LogP contribution in [0.5, 0.6) is 0 Å². The van der Waals surface area contributed by atoms with Gasteiger partial charge >= 0.3 is 0 Å². The molecule has 3 nitrogen and oxygen atoms in total. The van der Waals surface area contributed by atoms with E-state index in [0.717, 1.165) is 16.1 Å². The SMILES string of the molecule is Cc1ccc(-c2nc(N)cc(-c3ccccc3)n2)s1. The van der Waals surface area contributed by atoms with Crippen LogP contribution in [0.4, 0.5) is 5.82 Å². The van der Waals surface area contributed by atoms with Crippen LogP contribution in [0.3, 0.4) is 0 Å². The summed E-state index contributed by atoms with van der Waals surface area (Å²) in [6.45, 7) is 2.07. The minimum absolute atomic E-state index is 0.495. The lowest BCUT2D eigenvalue weighted by Gasteiger charge is -2.04. The molecule has 1 aromatic carbocycles. The van der Waals surface area contributed by atoms with Crippen molar-refractivity contribution in [3.05, 3.63) is 53.4 Å². The molecule has 0 aliphatic rings. The second kappa shape index (κ2) is 4.82. The van der Waals surface area contributed by atoms with Crippen molar-refractivity contribution in [2.24, 2.45) is 0 Å². The van der Waals surface area contributed by atoms with E-state index < -0.39 is 0 Å². The van der Waals surface area contributed by atoms with Crippen LogP contribution in [0.1, 0.15) is 4.88 Å². The molecule has 4 heteroatoms. The number of nitrogens with zero attached hydrogens (tertiary/aromatic N) is 2. The standard InChI is InChI=1S/C15H13N3S/c1-10-7-8-13(19-10)15-17-12(9-14(16)18-15)11-5-3-2-4-6-11/h2-9H,1H3,(H2,16,17,18). The van der Waals surface area contributed by atoms with E-state index >= 15 is 0 Å². The summed E-state index contributed by atoms with van der Waals surface area (Å²) in [5, 5.41) is 0. The van der Waals surface area contributed by atoms with E-state index in [1.54, 1.807) is 17.4 Å². The fourth-order valence-electron chi connectivity index (χ4n) is 1.89. The quantitative estimate of drug-likeness (QED) is 0.769. The van der Waals surface area contributed by atoms with Gasteiger partial charge in [-0.3, -0.25) is 0 Å². The molecule has 3 aromatic rings. The molecule has 0 fully saturated rings. The molecule has 94 valence electrons. The van der Waals surface area contributed by atoms with Crippen LogP contribution in [-0.2, 0) is 0 Å². The van der Waals surface area contributed by atoms with Crippen molar-refractivity contribution >= 4 is 17.2 Å². The van der Waals surface area contributed by atoms with Crippen LogP contribution in [0.2, 0.25) is 0 Å². The normalized spacial score (nSPS) is 10.6. The molecule has 0 unspecified atom stereocenters. The van der Waals surface area contributed by atoms with E-state index in [9.17, 15) is 0 Å². The Bertz CT molecular complexity index is 704. The minimum Gasteiger partial charge on any atom is -0.384 e. The van der Waals surface area contributed by atoms with Crippen molar-refractivity contribution in [2.45, 2.75) is 6.92 Å². The third-order valence-corrected chi connectivity index (χ3v) is 3.77. The van der Waals surface area contributed by atoms with Crippen LogP contribution < -0.4 is 5.73 Å².